The molecule has 6 aliphatic heterocycles. The number of unbranched alkanes of at least 4 members (excludes halogenated alkanes) is 4. The van der Waals surface area contributed by atoms with E-state index in [1.165, 1.54) is 13.8 Å². The Kier molecular flexibility index (Phi) is 43.0. The number of carbonyl (C=O) groups excluding carboxylic acids is 4. The van der Waals surface area contributed by atoms with E-state index in [-0.39, 0.29) is 157 Å². The highest BCUT2D eigenvalue weighted by molar-refractivity contribution is 5.77. The maximum absolute atomic E-state index is 14.1. The summed E-state index contributed by atoms with van der Waals surface area (Å²) in [5.74, 6) is -1.13. The highest BCUT2D eigenvalue weighted by atomic mass is 16.8. The first-order valence-electron chi connectivity index (χ1n) is 40.8. The molecule has 678 valence electrons. The summed E-state index contributed by atoms with van der Waals surface area (Å²) in [6.07, 6.45) is 0.144. The molecule has 14 atom stereocenters. The molecule has 3 aromatic rings. The first kappa shape index (κ1) is 97.0. The van der Waals surface area contributed by atoms with E-state index in [1.54, 1.807) is 32.6 Å². The van der Waals surface area contributed by atoms with Crippen molar-refractivity contribution in [2.45, 2.75) is 201 Å². The fraction of sp³-hybridized carbons (Fsp3) is 0.865. The second kappa shape index (κ2) is 52.7. The number of hydrogen-bond acceptors (Lipinski definition) is 38. The summed E-state index contributed by atoms with van der Waals surface area (Å²) in [4.78, 5) is 49.7. The molecule has 119 heavy (non-hydrogen) atoms. The Balaban J connectivity index is 0.694. The molecule has 3 aromatic heterocycles. The quantitative estimate of drug-likeness (QED) is 0.0235. The van der Waals surface area contributed by atoms with Gasteiger partial charge in [-0.1, -0.05) is 28.5 Å². The molecule has 6 bridgehead atoms. The van der Waals surface area contributed by atoms with Crippen LogP contribution in [0.1, 0.15) is 88.7 Å². The molecule has 9 heterocycles. The summed E-state index contributed by atoms with van der Waals surface area (Å²) in [5.41, 5.74) is -3.44. The zero-order chi connectivity index (χ0) is 84.4. The zero-order valence-electron chi connectivity index (χ0n) is 68.2. The van der Waals surface area contributed by atoms with Crippen molar-refractivity contribution in [2.24, 2.45) is 0 Å². The smallest absolute Gasteiger partial charge is 0.220 e. The predicted molar refractivity (Wildman–Crippen MR) is 403 cm³/mol. The van der Waals surface area contributed by atoms with E-state index >= 15 is 0 Å². The molecule has 9 rings (SSSR count). The third kappa shape index (κ3) is 32.7. The van der Waals surface area contributed by atoms with Crippen molar-refractivity contribution in [2.75, 3.05) is 211 Å². The van der Waals surface area contributed by atoms with E-state index < -0.39 is 102 Å². The van der Waals surface area contributed by atoms with Gasteiger partial charge >= 0.3 is 0 Å². The lowest BCUT2D eigenvalue weighted by Crippen LogP contribution is -2.66. The van der Waals surface area contributed by atoms with Gasteiger partial charge in [0.25, 0.3) is 0 Å². The van der Waals surface area contributed by atoms with Crippen LogP contribution in [0.15, 0.2) is 18.6 Å². The largest absolute Gasteiger partial charge is 0.396 e. The SMILES string of the molecule is CC(=O)NC1C2OCC(COCCOCCOCCOCCn3cc(COCC(COCc4cn(CCOCCOCCOCCOCC56COC(CC(O)C5O)O6)nn4)(COCc4cn(CCOCCOCCOCCOCC56COC(O5)C(NC(C)=O)C(O)C6O)nn4)NC(=O)CCCCCNC(=O)CCCCCO)nn3)(O2)C(O)C1O. The third-order valence-corrected chi connectivity index (χ3v) is 20.0. The van der Waals surface area contributed by atoms with Crippen LogP contribution in [0.4, 0.5) is 0 Å². The van der Waals surface area contributed by atoms with Crippen molar-refractivity contribution < 1.29 is 154 Å². The van der Waals surface area contributed by atoms with Crippen LogP contribution in [0.3, 0.4) is 0 Å². The van der Waals surface area contributed by atoms with Crippen molar-refractivity contribution in [3.63, 3.8) is 0 Å². The summed E-state index contributed by atoms with van der Waals surface area (Å²) < 4.78 is 126. The van der Waals surface area contributed by atoms with Crippen LogP contribution >= 0.6 is 0 Å². The van der Waals surface area contributed by atoms with Gasteiger partial charge in [0.05, 0.1) is 262 Å². The maximum atomic E-state index is 14.1. The number of amides is 4. The van der Waals surface area contributed by atoms with Gasteiger partial charge < -0.3 is 156 Å². The van der Waals surface area contributed by atoms with Crippen LogP contribution in [0.2, 0.25) is 0 Å². The average Bonchev–Trinajstić information content (AvgIpc) is 1.63. The van der Waals surface area contributed by atoms with E-state index in [0.29, 0.717) is 174 Å². The van der Waals surface area contributed by atoms with Crippen molar-refractivity contribution in [3.8, 4) is 0 Å². The van der Waals surface area contributed by atoms with Crippen LogP contribution in [0.5, 0.6) is 0 Å². The molecule has 4 amide bonds. The molecule has 0 aliphatic carbocycles. The molecule has 0 saturated carbocycles. The minimum Gasteiger partial charge on any atom is -0.396 e. The second-order valence-corrected chi connectivity index (χ2v) is 29.8. The molecule has 14 unspecified atom stereocenters. The van der Waals surface area contributed by atoms with Gasteiger partial charge in [0.1, 0.15) is 82.0 Å². The molecule has 0 radical (unpaired) electrons. The van der Waals surface area contributed by atoms with E-state index in [4.69, 9.17) is 105 Å². The van der Waals surface area contributed by atoms with Gasteiger partial charge in [-0.05, 0) is 25.7 Å². The summed E-state index contributed by atoms with van der Waals surface area (Å²) in [6, 6.07) is -1.82. The lowest BCUT2D eigenvalue weighted by atomic mass is 9.88. The number of ether oxygens (including phenoxy) is 21. The Labute approximate surface area is 690 Å². The Hall–Kier alpha value is -5.82. The van der Waals surface area contributed by atoms with E-state index in [0.717, 1.165) is 6.42 Å². The van der Waals surface area contributed by atoms with E-state index in [1.807, 2.05) is 0 Å². The maximum Gasteiger partial charge on any atom is 0.220 e. The second-order valence-electron chi connectivity index (χ2n) is 29.8. The Morgan fingerprint density at radius 3 is 1.18 bits per heavy atom. The van der Waals surface area contributed by atoms with Crippen molar-refractivity contribution in [3.05, 3.63) is 35.7 Å². The minimum atomic E-state index is -1.34. The number of hydrogen-bond donors (Lipinski definition) is 11. The Morgan fingerprint density at radius 2 is 0.790 bits per heavy atom. The van der Waals surface area contributed by atoms with Gasteiger partial charge in [-0.15, -0.1) is 15.3 Å². The van der Waals surface area contributed by atoms with Gasteiger partial charge in [0.2, 0.25) is 23.6 Å². The highest BCUT2D eigenvalue weighted by Gasteiger charge is 2.61. The number of aliphatic hydroxyl groups is 7. The van der Waals surface area contributed by atoms with Crippen LogP contribution in [-0.4, -0.2) is 406 Å². The molecule has 0 spiro atoms. The molecule has 6 fully saturated rings. The standard InChI is InChI=1S/C74H125N13O32/c1-53(89)76-62-64(94)67(97)73(51-115-69(62)118-73)48-109-35-32-106-29-26-103-23-20-100-17-13-86-39-56(80-83-86)42-112-45-71(78-60(93)10-5-3-7-11-75-59(92)9-6-4-8-15-88,44-111-41-55-38-85(82-79-55)12-16-99-19-22-102-25-28-105-31-34-108-47-72-50-114-61(117-72)37-58(91)66(72)96)46-113-43-57-40-87(84-81-57)14-18-101-21-24-104-27-30-107-33-36-110-49-74-52-116-70(119-74)63(77-54(2)90)65(95)68(74)98/h38-40,58,61-70,88,91,94-98H,3-37,41-52H2,1-2H3,(H,75,92)(H,76,89)(H,77,90)(H,78,93). The zero-order valence-corrected chi connectivity index (χ0v) is 68.2. The normalized spacial score (nSPS) is 26.2. The fourth-order valence-corrected chi connectivity index (χ4v) is 13.7. The van der Waals surface area contributed by atoms with E-state index in [2.05, 4.69) is 52.2 Å². The fourth-order valence-electron chi connectivity index (χ4n) is 13.7. The predicted octanol–water partition coefficient (Wildman–Crippen LogP) is -5.36. The molecular formula is C74H125N13O32. The first-order chi connectivity index (χ1) is 57.8. The number of fused-ring (bicyclic) bond motifs is 6. The number of nitrogens with one attached hydrogen (secondary N) is 4. The van der Waals surface area contributed by atoms with Crippen LogP contribution < -0.4 is 21.3 Å². The van der Waals surface area contributed by atoms with Crippen LogP contribution in [0.25, 0.3) is 0 Å². The summed E-state index contributed by atoms with van der Waals surface area (Å²) in [6.45, 7) is 9.99. The first-order valence-corrected chi connectivity index (χ1v) is 40.8. The summed E-state index contributed by atoms with van der Waals surface area (Å²) in [7, 11) is 0. The van der Waals surface area contributed by atoms with Gasteiger partial charge in [-0.3, -0.25) is 19.2 Å². The molecule has 0 aromatic carbocycles. The molecule has 45 heteroatoms. The molecular weight excluding hydrogens is 1580 g/mol. The Morgan fingerprint density at radius 1 is 0.437 bits per heavy atom. The average molecular weight is 1710 g/mol. The lowest BCUT2D eigenvalue weighted by Gasteiger charge is -2.42. The summed E-state index contributed by atoms with van der Waals surface area (Å²) in [5, 5.41) is 109. The van der Waals surface area contributed by atoms with Crippen LogP contribution in [-0.2, 0) is 158 Å². The number of aliphatic hydroxyl groups excluding tert-OH is 7. The monoisotopic (exact) mass is 1710 g/mol. The molecule has 45 nitrogen and oxygen atoms in total. The van der Waals surface area contributed by atoms with E-state index in [9.17, 15) is 49.8 Å². The molecule has 6 saturated heterocycles. The van der Waals surface area contributed by atoms with Gasteiger partial charge in [0, 0.05) is 46.3 Å². The Bertz CT molecular complexity index is 3210. The molecule has 6 aliphatic rings. The number of aromatic nitrogens is 9. The van der Waals surface area contributed by atoms with Crippen molar-refractivity contribution in [1.82, 2.24) is 66.2 Å². The van der Waals surface area contributed by atoms with Crippen molar-refractivity contribution in [1.29, 1.82) is 0 Å². The minimum absolute atomic E-state index is 0.00474. The topological polar surface area (TPSA) is 544 Å². The highest BCUT2D eigenvalue weighted by Crippen LogP contribution is 2.40. The van der Waals surface area contributed by atoms with Gasteiger partial charge in [-0.2, -0.15) is 0 Å². The lowest BCUT2D eigenvalue weighted by molar-refractivity contribution is -0.238. The number of nitrogens with zero attached hydrogens (tertiary/aromatic N) is 9. The third-order valence-electron chi connectivity index (χ3n) is 20.0. The number of carbonyl (C=O) groups is 4. The number of rotatable bonds is 68. The van der Waals surface area contributed by atoms with Crippen molar-refractivity contribution >= 4 is 23.6 Å². The van der Waals surface area contributed by atoms with Gasteiger partial charge in [-0.25, -0.2) is 14.0 Å². The summed E-state index contributed by atoms with van der Waals surface area (Å²) >= 11 is 0. The van der Waals surface area contributed by atoms with Crippen LogP contribution in [0, 0.1) is 0 Å². The van der Waals surface area contributed by atoms with Gasteiger partial charge in [0.15, 0.2) is 18.9 Å². The molecule has 11 N–H and O–H groups in total.